The fourth-order valence-corrected chi connectivity index (χ4v) is 1.99. The number of imide groups is 1. The summed E-state index contributed by atoms with van der Waals surface area (Å²) < 4.78 is 5.47. The Hall–Kier alpha value is -2.30. The molecule has 2 heterocycles. The fourth-order valence-electron chi connectivity index (χ4n) is 1.99. The van der Waals surface area contributed by atoms with Crippen LogP contribution >= 0.6 is 0 Å². The maximum Gasteiger partial charge on any atom is 0.328 e. The van der Waals surface area contributed by atoms with Gasteiger partial charge in [0.1, 0.15) is 12.0 Å². The predicted octanol–water partition coefficient (Wildman–Crippen LogP) is 2.79. The molecule has 0 atom stereocenters. The third-order valence-electron chi connectivity index (χ3n) is 2.84. The van der Waals surface area contributed by atoms with Gasteiger partial charge in [0.15, 0.2) is 0 Å². The van der Waals surface area contributed by atoms with Crippen LogP contribution in [0.5, 0.6) is 0 Å². The van der Waals surface area contributed by atoms with Crippen molar-refractivity contribution in [2.75, 3.05) is 11.4 Å². The highest BCUT2D eigenvalue weighted by Crippen LogP contribution is 2.30. The van der Waals surface area contributed by atoms with Crippen molar-refractivity contribution < 1.29 is 14.0 Å². The number of anilines is 1. The lowest BCUT2D eigenvalue weighted by atomic mass is 10.1. The molecule has 5 nitrogen and oxygen atoms in total. The average Bonchev–Trinajstić information content (AvgIpc) is 2.74. The third-order valence-corrected chi connectivity index (χ3v) is 2.84. The number of amides is 3. The maximum absolute atomic E-state index is 11.8. The molecule has 1 fully saturated rings. The van der Waals surface area contributed by atoms with Crippen molar-refractivity contribution >= 4 is 29.8 Å². The predicted molar refractivity (Wildman–Crippen MR) is 73.6 cm³/mol. The number of hydrogen-bond donors (Lipinski definition) is 1. The number of rotatable bonds is 3. The quantitative estimate of drug-likeness (QED) is 0.909. The van der Waals surface area contributed by atoms with E-state index in [4.69, 9.17) is 4.42 Å². The Kier molecular flexibility index (Phi) is 3.85. The zero-order valence-corrected chi connectivity index (χ0v) is 11.0. The van der Waals surface area contributed by atoms with Gasteiger partial charge in [0, 0.05) is 18.5 Å². The van der Waals surface area contributed by atoms with E-state index in [0.717, 1.165) is 5.56 Å². The zero-order chi connectivity index (χ0) is 13.8. The van der Waals surface area contributed by atoms with Crippen LogP contribution in [0.15, 0.2) is 22.8 Å². The number of allylic oxidation sites excluding steroid dienone is 2. The number of nitrogens with zero attached hydrogens (tertiary/aromatic N) is 1. The zero-order valence-electron chi connectivity index (χ0n) is 11.0. The Balaban J connectivity index is 2.39. The maximum atomic E-state index is 11.8. The Morgan fingerprint density at radius 2 is 2.00 bits per heavy atom. The van der Waals surface area contributed by atoms with E-state index in [1.807, 2.05) is 38.2 Å². The van der Waals surface area contributed by atoms with Gasteiger partial charge in [0.2, 0.25) is 5.91 Å². The number of furan rings is 1. The van der Waals surface area contributed by atoms with Crippen molar-refractivity contribution in [3.8, 4) is 0 Å². The second kappa shape index (κ2) is 5.56. The van der Waals surface area contributed by atoms with Crippen molar-refractivity contribution in [3.63, 3.8) is 0 Å². The molecule has 0 aromatic carbocycles. The molecule has 1 aliphatic heterocycles. The minimum atomic E-state index is -0.408. The van der Waals surface area contributed by atoms with Gasteiger partial charge in [-0.1, -0.05) is 18.2 Å². The largest absolute Gasteiger partial charge is 0.462 e. The van der Waals surface area contributed by atoms with Crippen molar-refractivity contribution in [3.05, 3.63) is 29.7 Å². The number of carbonyl (C=O) groups is 2. The molecule has 1 aromatic heterocycles. The van der Waals surface area contributed by atoms with Crippen LogP contribution in [0, 0.1) is 0 Å². The van der Waals surface area contributed by atoms with Gasteiger partial charge in [-0.25, -0.2) is 4.79 Å². The van der Waals surface area contributed by atoms with Crippen LogP contribution in [0.3, 0.4) is 0 Å². The van der Waals surface area contributed by atoms with Gasteiger partial charge in [-0.3, -0.25) is 15.0 Å². The van der Waals surface area contributed by atoms with Crippen molar-refractivity contribution in [1.82, 2.24) is 5.32 Å². The van der Waals surface area contributed by atoms with Crippen LogP contribution in [-0.4, -0.2) is 18.5 Å². The molecule has 0 saturated carbocycles. The van der Waals surface area contributed by atoms with Gasteiger partial charge >= 0.3 is 6.03 Å². The van der Waals surface area contributed by atoms with Crippen LogP contribution in [0.25, 0.3) is 12.2 Å². The van der Waals surface area contributed by atoms with E-state index in [1.54, 1.807) is 6.26 Å². The van der Waals surface area contributed by atoms with E-state index in [1.165, 1.54) is 4.90 Å². The van der Waals surface area contributed by atoms with Crippen molar-refractivity contribution in [2.24, 2.45) is 0 Å². The van der Waals surface area contributed by atoms with Crippen LogP contribution in [0.4, 0.5) is 10.5 Å². The van der Waals surface area contributed by atoms with Gasteiger partial charge in [-0.2, -0.15) is 0 Å². The van der Waals surface area contributed by atoms with E-state index in [2.05, 4.69) is 5.32 Å². The molecule has 1 aliphatic rings. The summed E-state index contributed by atoms with van der Waals surface area (Å²) >= 11 is 0. The Labute approximate surface area is 111 Å². The molecule has 0 radical (unpaired) electrons. The summed E-state index contributed by atoms with van der Waals surface area (Å²) in [6.07, 6.45) is 9.32. The van der Waals surface area contributed by atoms with Gasteiger partial charge in [0.05, 0.1) is 5.69 Å². The molecular weight excluding hydrogens is 244 g/mol. The number of hydrogen-bond acceptors (Lipinski definition) is 3. The van der Waals surface area contributed by atoms with Crippen LogP contribution in [0.2, 0.25) is 0 Å². The first-order chi connectivity index (χ1) is 9.17. The summed E-state index contributed by atoms with van der Waals surface area (Å²) in [5, 5.41) is 2.30. The van der Waals surface area contributed by atoms with Gasteiger partial charge in [-0.15, -0.1) is 0 Å². The summed E-state index contributed by atoms with van der Waals surface area (Å²) in [6.45, 7) is 4.16. The highest BCUT2D eigenvalue weighted by Gasteiger charge is 2.27. The second-order valence-corrected chi connectivity index (χ2v) is 4.15. The summed E-state index contributed by atoms with van der Waals surface area (Å²) in [7, 11) is 0. The minimum absolute atomic E-state index is 0.244. The smallest absolute Gasteiger partial charge is 0.328 e. The molecule has 0 aliphatic carbocycles. The molecule has 2 rings (SSSR count). The lowest BCUT2D eigenvalue weighted by Gasteiger charge is -2.25. The summed E-state index contributed by atoms with van der Waals surface area (Å²) in [5.74, 6) is 0.450. The lowest BCUT2D eigenvalue weighted by molar-refractivity contribution is -0.120. The first-order valence-electron chi connectivity index (χ1n) is 6.15. The van der Waals surface area contributed by atoms with Crippen molar-refractivity contribution in [1.29, 1.82) is 0 Å². The number of urea groups is 1. The molecule has 100 valence electrons. The standard InChI is InChI=1S/C14H16N2O3/c1-3-5-10-11(9-19-12(10)6-4-2)16-8-7-13(17)15-14(16)18/h3-6,9H,7-8H2,1-2H3,(H,15,17,18)/b5-3-,6-4-. The third kappa shape index (κ3) is 2.59. The van der Waals surface area contributed by atoms with Crippen LogP contribution < -0.4 is 10.2 Å². The fraction of sp³-hybridized carbons (Fsp3) is 0.286. The van der Waals surface area contributed by atoms with E-state index in [-0.39, 0.29) is 5.91 Å². The van der Waals surface area contributed by atoms with E-state index in [9.17, 15) is 9.59 Å². The minimum Gasteiger partial charge on any atom is -0.462 e. The van der Waals surface area contributed by atoms with Crippen LogP contribution in [0.1, 0.15) is 31.6 Å². The average molecular weight is 260 g/mol. The Morgan fingerprint density at radius 1 is 1.26 bits per heavy atom. The molecular formula is C14H16N2O3. The number of carbonyl (C=O) groups excluding carboxylic acids is 2. The van der Waals surface area contributed by atoms with Crippen molar-refractivity contribution in [2.45, 2.75) is 20.3 Å². The van der Waals surface area contributed by atoms with Gasteiger partial charge in [0.25, 0.3) is 0 Å². The molecule has 1 N–H and O–H groups in total. The lowest BCUT2D eigenvalue weighted by Crippen LogP contribution is -2.49. The van der Waals surface area contributed by atoms with E-state index < -0.39 is 6.03 Å². The molecule has 3 amide bonds. The number of nitrogens with one attached hydrogen (secondary N) is 1. The summed E-state index contributed by atoms with van der Waals surface area (Å²) in [5.41, 5.74) is 1.52. The first kappa shape index (κ1) is 13.1. The summed E-state index contributed by atoms with van der Waals surface area (Å²) in [6, 6.07) is -0.408. The molecule has 0 spiro atoms. The molecule has 1 saturated heterocycles. The Morgan fingerprint density at radius 3 is 2.63 bits per heavy atom. The summed E-state index contributed by atoms with van der Waals surface area (Å²) in [4.78, 5) is 24.5. The SMILES string of the molecule is C/C=C\c1occ(N2CCC(=O)NC2=O)c1/C=C\C. The highest BCUT2D eigenvalue weighted by atomic mass is 16.3. The monoisotopic (exact) mass is 260 g/mol. The molecule has 1 aromatic rings. The van der Waals surface area contributed by atoms with E-state index >= 15 is 0 Å². The second-order valence-electron chi connectivity index (χ2n) is 4.15. The molecule has 5 heteroatoms. The molecule has 0 unspecified atom stereocenters. The van der Waals surface area contributed by atoms with Gasteiger partial charge in [-0.05, 0) is 19.9 Å². The molecule has 19 heavy (non-hydrogen) atoms. The normalized spacial score (nSPS) is 16.6. The molecule has 0 bridgehead atoms. The Bertz CT molecular complexity index is 555. The van der Waals surface area contributed by atoms with E-state index in [0.29, 0.717) is 24.4 Å². The highest BCUT2D eigenvalue weighted by molar-refractivity contribution is 6.06. The topological polar surface area (TPSA) is 62.6 Å². The first-order valence-corrected chi connectivity index (χ1v) is 6.15. The van der Waals surface area contributed by atoms with Gasteiger partial charge < -0.3 is 4.42 Å². The van der Waals surface area contributed by atoms with Crippen LogP contribution in [-0.2, 0) is 4.79 Å².